The summed E-state index contributed by atoms with van der Waals surface area (Å²) in [6.07, 6.45) is 6.21. The van der Waals surface area contributed by atoms with Crippen molar-refractivity contribution in [2.24, 2.45) is 23.7 Å². The van der Waals surface area contributed by atoms with Gasteiger partial charge in [0.05, 0.1) is 17.9 Å². The van der Waals surface area contributed by atoms with Gasteiger partial charge in [-0.2, -0.15) is 0 Å². The number of carbonyl (C=O) groups excluding carboxylic acids is 3. The molecule has 7 nitrogen and oxygen atoms in total. The van der Waals surface area contributed by atoms with Crippen LogP contribution < -0.4 is 10.6 Å². The van der Waals surface area contributed by atoms with Gasteiger partial charge >= 0.3 is 0 Å². The van der Waals surface area contributed by atoms with E-state index in [0.29, 0.717) is 28.5 Å². The fourth-order valence-electron chi connectivity index (χ4n) is 7.47. The lowest BCUT2D eigenvalue weighted by Gasteiger charge is -2.38. The maximum Gasteiger partial charge on any atom is 0.246 e. The number of halogens is 1. The second-order valence-electron chi connectivity index (χ2n) is 12.9. The standard InChI is InChI=1S/C34H40ClN3O4/c1-19(2)22-12-14-24(15-13-22)36-31(39)28-27-16-17-34(42-27)29(28)33(41)38(18-23-9-5-6-10-25(23)35)30(34)32(40)37-26-11-7-8-20(3)21(26)4/h5-6,9-10,12-17,19-21,26-30H,7-8,11,18H2,1-4H3,(H,36,39)(H,37,40)/t20-,21-,26+,27+,28-,29+,30+,34+/m0/s1. The average Bonchev–Trinajstić information content (AvgIpc) is 3.60. The van der Waals surface area contributed by atoms with E-state index in [1.54, 1.807) is 11.0 Å². The summed E-state index contributed by atoms with van der Waals surface area (Å²) in [7, 11) is 0. The molecule has 4 aliphatic rings. The maximum atomic E-state index is 14.3. The van der Waals surface area contributed by atoms with Crippen molar-refractivity contribution in [1.82, 2.24) is 10.2 Å². The molecule has 0 radical (unpaired) electrons. The van der Waals surface area contributed by atoms with Gasteiger partial charge in [0.15, 0.2) is 0 Å². The molecule has 3 amide bonds. The fraction of sp³-hybridized carbons (Fsp3) is 0.500. The number of nitrogens with one attached hydrogen (secondary N) is 2. The molecule has 3 fully saturated rings. The summed E-state index contributed by atoms with van der Waals surface area (Å²) >= 11 is 6.52. The molecule has 2 N–H and O–H groups in total. The van der Waals surface area contributed by atoms with E-state index >= 15 is 0 Å². The third-order valence-electron chi connectivity index (χ3n) is 10.1. The number of rotatable bonds is 7. The second-order valence-corrected chi connectivity index (χ2v) is 13.3. The van der Waals surface area contributed by atoms with Gasteiger partial charge in [-0.3, -0.25) is 14.4 Å². The molecule has 3 heterocycles. The van der Waals surface area contributed by atoms with Gasteiger partial charge in [0.2, 0.25) is 17.7 Å². The quantitative estimate of drug-likeness (QED) is 0.406. The number of anilines is 1. The molecule has 2 bridgehead atoms. The molecule has 2 aromatic carbocycles. The molecular weight excluding hydrogens is 550 g/mol. The van der Waals surface area contributed by atoms with Crippen LogP contribution in [0.5, 0.6) is 0 Å². The lowest BCUT2D eigenvalue weighted by molar-refractivity contribution is -0.142. The number of carbonyl (C=O) groups is 3. The Morgan fingerprint density at radius 1 is 1.07 bits per heavy atom. The highest BCUT2D eigenvalue weighted by Crippen LogP contribution is 2.55. The van der Waals surface area contributed by atoms with Crippen molar-refractivity contribution in [3.8, 4) is 0 Å². The highest BCUT2D eigenvalue weighted by atomic mass is 35.5. The molecule has 1 aliphatic carbocycles. The molecule has 3 aliphatic heterocycles. The SMILES string of the molecule is CC(C)c1ccc(NC(=O)[C@H]2[C@H]3C=C[C@@]4(O3)[C@H]2C(=O)N(Cc2ccccc2Cl)[C@@H]4C(=O)N[C@@H]2CCC[C@H](C)[C@@H]2C)cc1. The van der Waals surface area contributed by atoms with E-state index in [2.05, 4.69) is 38.3 Å². The first kappa shape index (κ1) is 28.9. The number of nitrogens with zero attached hydrogens (tertiary/aromatic N) is 1. The summed E-state index contributed by atoms with van der Waals surface area (Å²) in [5, 5.41) is 6.84. The van der Waals surface area contributed by atoms with Crippen LogP contribution in [0.1, 0.15) is 64.0 Å². The summed E-state index contributed by atoms with van der Waals surface area (Å²) < 4.78 is 6.52. The minimum Gasteiger partial charge on any atom is -0.359 e. The number of amides is 3. The Balaban J connectivity index is 1.31. The number of fused-ring (bicyclic) bond motifs is 1. The Morgan fingerprint density at radius 2 is 1.81 bits per heavy atom. The van der Waals surface area contributed by atoms with E-state index in [0.717, 1.165) is 24.8 Å². The number of ether oxygens (including phenoxy) is 1. The van der Waals surface area contributed by atoms with Crippen molar-refractivity contribution in [1.29, 1.82) is 0 Å². The highest BCUT2D eigenvalue weighted by Gasteiger charge is 2.72. The van der Waals surface area contributed by atoms with Gasteiger partial charge in [-0.15, -0.1) is 0 Å². The normalized spacial score (nSPS) is 33.2. The van der Waals surface area contributed by atoms with Crippen molar-refractivity contribution in [3.63, 3.8) is 0 Å². The minimum atomic E-state index is -1.22. The van der Waals surface area contributed by atoms with Crippen molar-refractivity contribution < 1.29 is 19.1 Å². The smallest absolute Gasteiger partial charge is 0.246 e. The lowest BCUT2D eigenvalue weighted by Crippen LogP contribution is -2.57. The van der Waals surface area contributed by atoms with Gasteiger partial charge in [0, 0.05) is 23.3 Å². The van der Waals surface area contributed by atoms with Crippen LogP contribution in [0.15, 0.2) is 60.7 Å². The van der Waals surface area contributed by atoms with Crippen LogP contribution in [0.4, 0.5) is 5.69 Å². The Kier molecular flexibility index (Phi) is 7.69. The Morgan fingerprint density at radius 3 is 2.52 bits per heavy atom. The van der Waals surface area contributed by atoms with E-state index in [4.69, 9.17) is 16.3 Å². The van der Waals surface area contributed by atoms with Crippen molar-refractivity contribution in [2.45, 2.75) is 83.2 Å². The molecule has 1 saturated carbocycles. The monoisotopic (exact) mass is 589 g/mol. The molecular formula is C34H40ClN3O4. The molecule has 1 spiro atoms. The van der Waals surface area contributed by atoms with E-state index in [9.17, 15) is 14.4 Å². The number of hydrogen-bond acceptors (Lipinski definition) is 4. The van der Waals surface area contributed by atoms with Crippen LogP contribution >= 0.6 is 11.6 Å². The third-order valence-corrected chi connectivity index (χ3v) is 10.5. The van der Waals surface area contributed by atoms with Gasteiger partial charge in [-0.05, 0) is 53.5 Å². The molecule has 6 rings (SSSR count). The average molecular weight is 590 g/mol. The van der Waals surface area contributed by atoms with E-state index in [1.807, 2.05) is 54.6 Å². The zero-order valence-corrected chi connectivity index (χ0v) is 25.4. The van der Waals surface area contributed by atoms with Crippen LogP contribution in [0.3, 0.4) is 0 Å². The maximum absolute atomic E-state index is 14.3. The third kappa shape index (κ3) is 4.84. The van der Waals surface area contributed by atoms with Crippen LogP contribution in [-0.4, -0.2) is 46.4 Å². The Bertz CT molecular complexity index is 1410. The first-order valence-corrected chi connectivity index (χ1v) is 15.6. The molecule has 8 atom stereocenters. The molecule has 0 unspecified atom stereocenters. The molecule has 0 aromatic heterocycles. The van der Waals surface area contributed by atoms with Gasteiger partial charge in [-0.1, -0.05) is 94.6 Å². The first-order valence-electron chi connectivity index (χ1n) is 15.2. The molecule has 222 valence electrons. The molecule has 8 heteroatoms. The topological polar surface area (TPSA) is 87.7 Å². The van der Waals surface area contributed by atoms with Crippen LogP contribution in [0.25, 0.3) is 0 Å². The number of hydrogen-bond donors (Lipinski definition) is 2. The number of benzene rings is 2. The second kappa shape index (κ2) is 11.2. The van der Waals surface area contributed by atoms with Gasteiger partial charge < -0.3 is 20.3 Å². The molecule has 2 saturated heterocycles. The lowest BCUT2D eigenvalue weighted by atomic mass is 9.73. The van der Waals surface area contributed by atoms with E-state index < -0.39 is 29.6 Å². The zero-order chi connectivity index (χ0) is 29.8. The fourth-order valence-corrected chi connectivity index (χ4v) is 7.67. The Labute approximate surface area is 253 Å². The molecule has 2 aromatic rings. The van der Waals surface area contributed by atoms with E-state index in [-0.39, 0.29) is 30.3 Å². The zero-order valence-electron chi connectivity index (χ0n) is 24.7. The van der Waals surface area contributed by atoms with Crippen LogP contribution in [0.2, 0.25) is 5.02 Å². The van der Waals surface area contributed by atoms with Crippen molar-refractivity contribution >= 4 is 35.0 Å². The molecule has 42 heavy (non-hydrogen) atoms. The van der Waals surface area contributed by atoms with E-state index in [1.165, 1.54) is 5.56 Å². The first-order chi connectivity index (χ1) is 20.1. The van der Waals surface area contributed by atoms with Gasteiger partial charge in [-0.25, -0.2) is 0 Å². The summed E-state index contributed by atoms with van der Waals surface area (Å²) in [6, 6.07) is 14.2. The number of likely N-dealkylation sites (tertiary alicyclic amines) is 1. The Hall–Kier alpha value is -3.16. The summed E-state index contributed by atoms with van der Waals surface area (Å²) in [6.45, 7) is 8.80. The largest absolute Gasteiger partial charge is 0.359 e. The van der Waals surface area contributed by atoms with Gasteiger partial charge in [0.1, 0.15) is 11.6 Å². The van der Waals surface area contributed by atoms with Crippen molar-refractivity contribution in [2.75, 3.05) is 5.32 Å². The predicted molar refractivity (Wildman–Crippen MR) is 163 cm³/mol. The van der Waals surface area contributed by atoms with Crippen molar-refractivity contribution in [3.05, 3.63) is 76.8 Å². The van der Waals surface area contributed by atoms with Crippen LogP contribution in [-0.2, 0) is 25.7 Å². The predicted octanol–water partition coefficient (Wildman–Crippen LogP) is 5.69. The summed E-state index contributed by atoms with van der Waals surface area (Å²) in [5.74, 6) is -1.16. The van der Waals surface area contributed by atoms with Crippen LogP contribution in [0, 0.1) is 23.7 Å². The minimum absolute atomic E-state index is 0.0180. The highest BCUT2D eigenvalue weighted by molar-refractivity contribution is 6.31. The van der Waals surface area contributed by atoms with Gasteiger partial charge in [0.25, 0.3) is 0 Å². The summed E-state index contributed by atoms with van der Waals surface area (Å²) in [5.41, 5.74) is 1.36. The summed E-state index contributed by atoms with van der Waals surface area (Å²) in [4.78, 5) is 43.9.